The van der Waals surface area contributed by atoms with E-state index in [-0.39, 0.29) is 19.1 Å². The van der Waals surface area contributed by atoms with Crippen molar-refractivity contribution in [1.29, 1.82) is 0 Å². The van der Waals surface area contributed by atoms with Crippen molar-refractivity contribution in [2.75, 3.05) is 11.5 Å². The summed E-state index contributed by atoms with van der Waals surface area (Å²) in [6, 6.07) is 14.1. The summed E-state index contributed by atoms with van der Waals surface area (Å²) in [6.07, 6.45) is 1.68. The maximum absolute atomic E-state index is 13.2. The monoisotopic (exact) mass is 491 g/mol. The summed E-state index contributed by atoms with van der Waals surface area (Å²) in [7, 11) is 0. The van der Waals surface area contributed by atoms with Crippen LogP contribution in [-0.2, 0) is 11.3 Å². The number of hydrogen-bond donors (Lipinski definition) is 0. The third kappa shape index (κ3) is 4.93. The highest BCUT2D eigenvalue weighted by Crippen LogP contribution is 2.36. The Hall–Kier alpha value is -2.38. The molecule has 0 spiro atoms. The van der Waals surface area contributed by atoms with Crippen LogP contribution in [0.3, 0.4) is 0 Å². The van der Waals surface area contributed by atoms with E-state index < -0.39 is 0 Å². The third-order valence-corrected chi connectivity index (χ3v) is 6.58. The van der Waals surface area contributed by atoms with E-state index in [1.807, 2.05) is 37.3 Å². The Balaban J connectivity index is 1.65. The van der Waals surface area contributed by atoms with Crippen molar-refractivity contribution in [2.24, 2.45) is 0 Å². The standard InChI is InChI=1S/C22H16Cl3N3O2S/c1-13-5-7-16(24)21-20(13)27-22(31-21)28(11-15-4-2-3-9-26-15)19(29)12-30-18-8-6-14(23)10-17(18)25/h2-10H,11-12H2,1H3. The molecule has 0 unspecified atom stereocenters. The number of aryl methyl sites for hydroxylation is 1. The van der Waals surface area contributed by atoms with Crippen LogP contribution in [0.4, 0.5) is 5.13 Å². The van der Waals surface area contributed by atoms with Gasteiger partial charge < -0.3 is 4.74 Å². The Morgan fingerprint density at radius 3 is 2.65 bits per heavy atom. The molecule has 1 amide bonds. The van der Waals surface area contributed by atoms with Gasteiger partial charge in [0.05, 0.1) is 32.5 Å². The molecule has 0 aliphatic carbocycles. The van der Waals surface area contributed by atoms with Crippen molar-refractivity contribution in [3.8, 4) is 5.75 Å². The second-order valence-electron chi connectivity index (χ2n) is 6.70. The van der Waals surface area contributed by atoms with E-state index in [1.165, 1.54) is 11.3 Å². The molecule has 0 saturated heterocycles. The number of aromatic nitrogens is 2. The number of amides is 1. The van der Waals surface area contributed by atoms with Crippen LogP contribution >= 0.6 is 46.1 Å². The number of anilines is 1. The highest BCUT2D eigenvalue weighted by molar-refractivity contribution is 7.23. The summed E-state index contributed by atoms with van der Waals surface area (Å²) >= 11 is 19.8. The molecule has 9 heteroatoms. The lowest BCUT2D eigenvalue weighted by atomic mass is 10.2. The van der Waals surface area contributed by atoms with Crippen LogP contribution in [-0.4, -0.2) is 22.5 Å². The topological polar surface area (TPSA) is 55.3 Å². The molecular formula is C22H16Cl3N3O2S. The molecule has 0 atom stereocenters. The van der Waals surface area contributed by atoms with Crippen molar-refractivity contribution < 1.29 is 9.53 Å². The first-order chi connectivity index (χ1) is 14.9. The van der Waals surface area contributed by atoms with Crippen LogP contribution in [0, 0.1) is 6.92 Å². The molecule has 4 aromatic rings. The zero-order chi connectivity index (χ0) is 22.0. The molecule has 5 nitrogen and oxygen atoms in total. The molecule has 4 rings (SSSR count). The van der Waals surface area contributed by atoms with Crippen molar-refractivity contribution in [3.05, 3.63) is 81.1 Å². The van der Waals surface area contributed by atoms with E-state index in [9.17, 15) is 4.79 Å². The number of pyridine rings is 1. The molecule has 158 valence electrons. The van der Waals surface area contributed by atoms with E-state index in [0.717, 1.165) is 21.5 Å². The highest BCUT2D eigenvalue weighted by atomic mass is 35.5. The van der Waals surface area contributed by atoms with Crippen molar-refractivity contribution in [2.45, 2.75) is 13.5 Å². The summed E-state index contributed by atoms with van der Waals surface area (Å²) in [5.74, 6) is 0.0879. The number of ether oxygens (including phenoxy) is 1. The predicted molar refractivity (Wildman–Crippen MR) is 127 cm³/mol. The molecule has 31 heavy (non-hydrogen) atoms. The summed E-state index contributed by atoms with van der Waals surface area (Å²) < 4.78 is 6.49. The van der Waals surface area contributed by atoms with E-state index >= 15 is 0 Å². The van der Waals surface area contributed by atoms with Gasteiger partial charge in [-0.15, -0.1) is 0 Å². The molecule has 0 N–H and O–H groups in total. The average Bonchev–Trinajstić information content (AvgIpc) is 3.21. The van der Waals surface area contributed by atoms with E-state index in [0.29, 0.717) is 25.9 Å². The van der Waals surface area contributed by atoms with Crippen LogP contribution in [0.2, 0.25) is 15.1 Å². The molecular weight excluding hydrogens is 477 g/mol. The van der Waals surface area contributed by atoms with Crippen LogP contribution in [0.5, 0.6) is 5.75 Å². The van der Waals surface area contributed by atoms with Crippen LogP contribution < -0.4 is 9.64 Å². The number of hydrogen-bond acceptors (Lipinski definition) is 5. The predicted octanol–water partition coefficient (Wildman–Crippen LogP) is 6.57. The first kappa shape index (κ1) is 21.8. The lowest BCUT2D eigenvalue weighted by Crippen LogP contribution is -2.34. The average molecular weight is 493 g/mol. The van der Waals surface area contributed by atoms with E-state index in [4.69, 9.17) is 39.5 Å². The quantitative estimate of drug-likeness (QED) is 0.305. The lowest BCUT2D eigenvalue weighted by Gasteiger charge is -2.20. The first-order valence-corrected chi connectivity index (χ1v) is 11.2. The second kappa shape index (κ2) is 9.40. The van der Waals surface area contributed by atoms with Gasteiger partial charge in [-0.3, -0.25) is 14.7 Å². The van der Waals surface area contributed by atoms with Crippen LogP contribution in [0.1, 0.15) is 11.3 Å². The fraction of sp³-hybridized carbons (Fsp3) is 0.136. The molecule has 0 fully saturated rings. The maximum Gasteiger partial charge on any atom is 0.267 e. The Morgan fingerprint density at radius 2 is 1.94 bits per heavy atom. The Morgan fingerprint density at radius 1 is 1.10 bits per heavy atom. The zero-order valence-electron chi connectivity index (χ0n) is 16.3. The Labute approximate surface area is 198 Å². The summed E-state index contributed by atoms with van der Waals surface area (Å²) in [5, 5.41) is 1.94. The third-order valence-electron chi connectivity index (χ3n) is 4.51. The van der Waals surface area contributed by atoms with Crippen molar-refractivity contribution in [1.82, 2.24) is 9.97 Å². The number of rotatable bonds is 6. The largest absolute Gasteiger partial charge is 0.482 e. The maximum atomic E-state index is 13.2. The number of thiazole rings is 1. The van der Waals surface area contributed by atoms with Gasteiger partial charge in [-0.05, 0) is 48.9 Å². The number of carbonyl (C=O) groups excluding carboxylic acids is 1. The van der Waals surface area contributed by atoms with Gasteiger partial charge in [-0.25, -0.2) is 4.98 Å². The van der Waals surface area contributed by atoms with Gasteiger partial charge in [0.1, 0.15) is 5.75 Å². The van der Waals surface area contributed by atoms with E-state index in [1.54, 1.807) is 29.3 Å². The molecule has 0 aliphatic rings. The van der Waals surface area contributed by atoms with Gasteiger partial charge in [0.15, 0.2) is 11.7 Å². The smallest absolute Gasteiger partial charge is 0.267 e. The minimum absolute atomic E-state index is 0.225. The molecule has 2 heterocycles. The SMILES string of the molecule is Cc1ccc(Cl)c2sc(N(Cc3ccccn3)C(=O)COc3ccc(Cl)cc3Cl)nc12. The minimum atomic E-state index is -0.287. The number of benzene rings is 2. The molecule has 2 aromatic heterocycles. The van der Waals surface area contributed by atoms with Crippen LogP contribution in [0.15, 0.2) is 54.7 Å². The molecule has 2 aromatic carbocycles. The minimum Gasteiger partial charge on any atom is -0.482 e. The number of fused-ring (bicyclic) bond motifs is 1. The fourth-order valence-corrected chi connectivity index (χ4v) is 4.73. The number of halogens is 3. The number of nitrogens with zero attached hydrogens (tertiary/aromatic N) is 3. The van der Waals surface area contributed by atoms with Gasteiger partial charge in [0.2, 0.25) is 0 Å². The normalized spacial score (nSPS) is 11.0. The van der Waals surface area contributed by atoms with Gasteiger partial charge in [-0.2, -0.15) is 0 Å². The summed E-state index contributed by atoms with van der Waals surface area (Å²) in [6.45, 7) is 1.98. The van der Waals surface area contributed by atoms with Crippen LogP contribution in [0.25, 0.3) is 10.2 Å². The van der Waals surface area contributed by atoms with Gasteiger partial charge >= 0.3 is 0 Å². The molecule has 0 saturated carbocycles. The van der Waals surface area contributed by atoms with Gasteiger partial charge in [0.25, 0.3) is 5.91 Å². The molecule has 0 aliphatic heterocycles. The summed E-state index contributed by atoms with van der Waals surface area (Å²) in [5.41, 5.74) is 2.48. The second-order valence-corrected chi connectivity index (χ2v) is 8.93. The van der Waals surface area contributed by atoms with Gasteiger partial charge in [-0.1, -0.05) is 58.3 Å². The lowest BCUT2D eigenvalue weighted by molar-refractivity contribution is -0.120. The zero-order valence-corrected chi connectivity index (χ0v) is 19.4. The van der Waals surface area contributed by atoms with Crippen molar-refractivity contribution in [3.63, 3.8) is 0 Å². The molecule has 0 bridgehead atoms. The van der Waals surface area contributed by atoms with E-state index in [2.05, 4.69) is 9.97 Å². The summed E-state index contributed by atoms with van der Waals surface area (Å²) in [4.78, 5) is 23.8. The number of carbonyl (C=O) groups is 1. The molecule has 0 radical (unpaired) electrons. The Kier molecular flexibility index (Phi) is 6.62. The van der Waals surface area contributed by atoms with Gasteiger partial charge in [0, 0.05) is 11.2 Å². The Bertz CT molecular complexity index is 1210. The first-order valence-electron chi connectivity index (χ1n) is 9.26. The fourth-order valence-electron chi connectivity index (χ4n) is 2.93. The highest BCUT2D eigenvalue weighted by Gasteiger charge is 2.23. The van der Waals surface area contributed by atoms with Crippen molar-refractivity contribution >= 4 is 67.4 Å².